The Hall–Kier alpha value is -2.87. The zero-order valence-corrected chi connectivity index (χ0v) is 19.3. The van der Waals surface area contributed by atoms with Crippen molar-refractivity contribution in [1.82, 2.24) is 10.2 Å². The van der Waals surface area contributed by atoms with Crippen molar-refractivity contribution in [3.05, 3.63) is 71.3 Å². The van der Waals surface area contributed by atoms with Gasteiger partial charge in [0.15, 0.2) is 0 Å². The lowest BCUT2D eigenvalue weighted by Crippen LogP contribution is -2.57. The van der Waals surface area contributed by atoms with E-state index in [4.69, 9.17) is 4.74 Å². The van der Waals surface area contributed by atoms with Crippen LogP contribution in [0.4, 0.5) is 13.2 Å². The molecule has 0 unspecified atom stereocenters. The lowest BCUT2D eigenvalue weighted by atomic mass is 9.83. The summed E-state index contributed by atoms with van der Waals surface area (Å²) in [5.41, 5.74) is -1.09. The van der Waals surface area contributed by atoms with Gasteiger partial charge in [0.2, 0.25) is 5.91 Å². The quantitative estimate of drug-likeness (QED) is 0.652. The Bertz CT molecular complexity index is 1030. The molecule has 1 spiro atoms. The molecule has 2 aromatic carbocycles. The molecule has 34 heavy (non-hydrogen) atoms. The van der Waals surface area contributed by atoms with Crippen LogP contribution in [0.5, 0.6) is 0 Å². The standard InChI is InChI=1S/C26H29F3N2O3/c1-17-11-13-25(14-12-17)31(24(33)20-9-6-10-21(15-20)26(27,28)29)22(16-34-25)23(32)30-18(2)19-7-4-3-5-8-19/h3-10,15,17-18,22H,11-14,16H2,1-2H3,(H,30,32)/t17?,18-,22+,25?/m0/s1. The zero-order chi connectivity index (χ0) is 24.5. The molecular weight excluding hydrogens is 445 g/mol. The second kappa shape index (κ2) is 9.41. The highest BCUT2D eigenvalue weighted by Gasteiger charge is 2.53. The minimum Gasteiger partial charge on any atom is -0.353 e. The number of carbonyl (C=O) groups excluding carboxylic acids is 2. The first-order valence-electron chi connectivity index (χ1n) is 11.6. The minimum absolute atomic E-state index is 0.00637. The van der Waals surface area contributed by atoms with Crippen LogP contribution in [0.3, 0.4) is 0 Å². The molecule has 1 aliphatic heterocycles. The summed E-state index contributed by atoms with van der Waals surface area (Å²) < 4.78 is 46.0. The molecule has 1 heterocycles. The van der Waals surface area contributed by atoms with Crippen molar-refractivity contribution >= 4 is 11.8 Å². The highest BCUT2D eigenvalue weighted by molar-refractivity contribution is 5.98. The first kappa shape index (κ1) is 24.3. The third kappa shape index (κ3) is 4.82. The number of nitrogens with zero attached hydrogens (tertiary/aromatic N) is 1. The summed E-state index contributed by atoms with van der Waals surface area (Å²) in [6.45, 7) is 3.97. The summed E-state index contributed by atoms with van der Waals surface area (Å²) >= 11 is 0. The number of hydrogen-bond acceptors (Lipinski definition) is 3. The number of benzene rings is 2. The number of nitrogens with one attached hydrogen (secondary N) is 1. The van der Waals surface area contributed by atoms with E-state index in [1.807, 2.05) is 37.3 Å². The van der Waals surface area contributed by atoms with Gasteiger partial charge in [0.25, 0.3) is 5.91 Å². The predicted molar refractivity (Wildman–Crippen MR) is 121 cm³/mol. The zero-order valence-electron chi connectivity index (χ0n) is 19.3. The topological polar surface area (TPSA) is 58.6 Å². The van der Waals surface area contributed by atoms with Gasteiger partial charge in [-0.1, -0.05) is 43.3 Å². The fraction of sp³-hybridized carbons (Fsp3) is 0.462. The molecule has 4 rings (SSSR count). The fourth-order valence-corrected chi connectivity index (χ4v) is 4.88. The third-order valence-corrected chi connectivity index (χ3v) is 6.93. The second-order valence-electron chi connectivity index (χ2n) is 9.35. The molecule has 2 aliphatic rings. The van der Waals surface area contributed by atoms with Crippen LogP contribution in [0.25, 0.3) is 0 Å². The van der Waals surface area contributed by atoms with E-state index in [9.17, 15) is 22.8 Å². The summed E-state index contributed by atoms with van der Waals surface area (Å²) in [7, 11) is 0. The second-order valence-corrected chi connectivity index (χ2v) is 9.35. The van der Waals surface area contributed by atoms with Gasteiger partial charge >= 0.3 is 6.18 Å². The minimum atomic E-state index is -4.57. The average molecular weight is 475 g/mol. The fourth-order valence-electron chi connectivity index (χ4n) is 4.88. The number of hydrogen-bond donors (Lipinski definition) is 1. The van der Waals surface area contributed by atoms with Gasteiger partial charge in [-0.05, 0) is 62.3 Å². The Kier molecular flexibility index (Phi) is 6.71. The van der Waals surface area contributed by atoms with Gasteiger partial charge in [0.05, 0.1) is 18.2 Å². The molecule has 1 saturated carbocycles. The number of amides is 2. The largest absolute Gasteiger partial charge is 0.416 e. The van der Waals surface area contributed by atoms with E-state index in [2.05, 4.69) is 12.2 Å². The average Bonchev–Trinajstić information content (AvgIpc) is 3.19. The lowest BCUT2D eigenvalue weighted by Gasteiger charge is -2.43. The molecule has 1 N–H and O–H groups in total. The van der Waals surface area contributed by atoms with Crippen LogP contribution in [-0.4, -0.2) is 35.1 Å². The molecular formula is C26H29F3N2O3. The van der Waals surface area contributed by atoms with Crippen LogP contribution >= 0.6 is 0 Å². The Labute approximate surface area is 197 Å². The van der Waals surface area contributed by atoms with E-state index in [0.717, 1.165) is 30.5 Å². The van der Waals surface area contributed by atoms with Crippen LogP contribution in [0.15, 0.2) is 54.6 Å². The molecule has 0 radical (unpaired) electrons. The molecule has 182 valence electrons. The van der Waals surface area contributed by atoms with Crippen molar-refractivity contribution in [1.29, 1.82) is 0 Å². The van der Waals surface area contributed by atoms with Crippen molar-refractivity contribution in [2.75, 3.05) is 6.61 Å². The number of halogens is 3. The van der Waals surface area contributed by atoms with Crippen molar-refractivity contribution < 1.29 is 27.5 Å². The lowest BCUT2D eigenvalue weighted by molar-refractivity contribution is -0.137. The third-order valence-electron chi connectivity index (χ3n) is 6.93. The molecule has 8 heteroatoms. The Morgan fingerprint density at radius 2 is 1.76 bits per heavy atom. The van der Waals surface area contributed by atoms with Crippen molar-refractivity contribution in [3.8, 4) is 0 Å². The van der Waals surface area contributed by atoms with Crippen LogP contribution in [0, 0.1) is 5.92 Å². The first-order chi connectivity index (χ1) is 16.1. The van der Waals surface area contributed by atoms with Crippen LogP contribution in [-0.2, 0) is 15.7 Å². The monoisotopic (exact) mass is 474 g/mol. The van der Waals surface area contributed by atoms with Gasteiger partial charge in [-0.25, -0.2) is 0 Å². The van der Waals surface area contributed by atoms with E-state index in [1.165, 1.54) is 17.0 Å². The molecule has 2 atom stereocenters. The highest BCUT2D eigenvalue weighted by Crippen LogP contribution is 2.43. The number of ether oxygens (including phenoxy) is 1. The number of alkyl halides is 3. The van der Waals surface area contributed by atoms with Crippen LogP contribution in [0.2, 0.25) is 0 Å². The summed E-state index contributed by atoms with van der Waals surface area (Å²) in [5.74, 6) is -0.552. The van der Waals surface area contributed by atoms with Crippen LogP contribution < -0.4 is 5.32 Å². The number of rotatable bonds is 4. The van der Waals surface area contributed by atoms with Crippen LogP contribution in [0.1, 0.15) is 67.1 Å². The molecule has 1 aliphatic carbocycles. The molecule has 2 amide bonds. The Morgan fingerprint density at radius 3 is 2.41 bits per heavy atom. The van der Waals surface area contributed by atoms with E-state index in [0.29, 0.717) is 18.8 Å². The highest BCUT2D eigenvalue weighted by atomic mass is 19.4. The van der Waals surface area contributed by atoms with Crippen molar-refractivity contribution in [2.24, 2.45) is 5.92 Å². The first-order valence-corrected chi connectivity index (χ1v) is 11.6. The summed E-state index contributed by atoms with van der Waals surface area (Å²) in [6.07, 6.45) is -1.88. The maximum atomic E-state index is 13.7. The molecule has 0 bridgehead atoms. The Balaban J connectivity index is 1.64. The molecule has 2 fully saturated rings. The summed E-state index contributed by atoms with van der Waals surface area (Å²) in [4.78, 5) is 28.4. The van der Waals surface area contributed by atoms with Gasteiger partial charge in [0, 0.05) is 5.56 Å². The van der Waals surface area contributed by atoms with Crippen molar-refractivity contribution in [2.45, 2.75) is 63.5 Å². The van der Waals surface area contributed by atoms with E-state index >= 15 is 0 Å². The Morgan fingerprint density at radius 1 is 1.09 bits per heavy atom. The van der Waals surface area contributed by atoms with Gasteiger partial charge in [-0.3, -0.25) is 14.5 Å². The normalized spacial score (nSPS) is 25.9. The molecule has 1 saturated heterocycles. The summed E-state index contributed by atoms with van der Waals surface area (Å²) in [6, 6.07) is 12.5. The van der Waals surface area contributed by atoms with Gasteiger partial charge < -0.3 is 10.1 Å². The smallest absolute Gasteiger partial charge is 0.353 e. The number of carbonyl (C=O) groups is 2. The van der Waals surface area contributed by atoms with Gasteiger partial charge in [0.1, 0.15) is 11.8 Å². The SMILES string of the molecule is CC1CCC2(CC1)OC[C@H](C(=O)N[C@@H](C)c1ccccc1)N2C(=O)c1cccc(C(F)(F)F)c1. The van der Waals surface area contributed by atoms with Gasteiger partial charge in [-0.15, -0.1) is 0 Å². The van der Waals surface area contributed by atoms with Gasteiger partial charge in [-0.2, -0.15) is 13.2 Å². The maximum Gasteiger partial charge on any atom is 0.416 e. The molecule has 0 aromatic heterocycles. The molecule has 5 nitrogen and oxygen atoms in total. The van der Waals surface area contributed by atoms with Crippen molar-refractivity contribution in [3.63, 3.8) is 0 Å². The van der Waals surface area contributed by atoms with E-state index in [1.54, 1.807) is 0 Å². The maximum absolute atomic E-state index is 13.7. The predicted octanol–water partition coefficient (Wildman–Crippen LogP) is 5.33. The van der Waals surface area contributed by atoms with E-state index < -0.39 is 29.4 Å². The van der Waals surface area contributed by atoms with E-state index in [-0.39, 0.29) is 24.1 Å². The summed E-state index contributed by atoms with van der Waals surface area (Å²) in [5, 5.41) is 2.95. The molecule has 2 aromatic rings.